The van der Waals surface area contributed by atoms with E-state index in [2.05, 4.69) is 39.8 Å². The maximum Gasteiger partial charge on any atom is 0.255 e. The first-order valence-electron chi connectivity index (χ1n) is 18.7. The van der Waals surface area contributed by atoms with E-state index >= 15 is 0 Å². The molecule has 1 unspecified atom stereocenters. The number of ether oxygens (including phenoxy) is 1. The molecule has 3 heterocycles. The number of phenolic OH excluding ortho intramolecular Hbond substituents is 1. The van der Waals surface area contributed by atoms with Crippen molar-refractivity contribution in [3.8, 4) is 11.5 Å². The van der Waals surface area contributed by atoms with Gasteiger partial charge in [-0.2, -0.15) is 0 Å². The number of hydrogen-bond acceptors (Lipinski definition) is 8. The average Bonchev–Trinajstić information content (AvgIpc) is 3.54. The molecular formula is C43H44ClN5O6. The number of rotatable bonds is 13. The number of imide groups is 1. The van der Waals surface area contributed by atoms with Gasteiger partial charge in [0.15, 0.2) is 0 Å². The molecule has 1 atom stereocenters. The number of amides is 4. The zero-order valence-electron chi connectivity index (χ0n) is 30.5. The third-order valence-corrected chi connectivity index (χ3v) is 10.7. The zero-order valence-corrected chi connectivity index (χ0v) is 31.3. The van der Waals surface area contributed by atoms with Crippen LogP contribution in [0.1, 0.15) is 51.9 Å². The number of halogens is 1. The van der Waals surface area contributed by atoms with Crippen LogP contribution in [0.3, 0.4) is 0 Å². The van der Waals surface area contributed by atoms with Crippen molar-refractivity contribution in [1.29, 1.82) is 0 Å². The number of anilines is 1. The molecule has 4 aromatic carbocycles. The van der Waals surface area contributed by atoms with Crippen LogP contribution in [0.15, 0.2) is 97.1 Å². The number of allylic oxidation sites excluding steroid dienone is 1. The molecule has 0 saturated carbocycles. The average molecular weight is 762 g/mol. The summed E-state index contributed by atoms with van der Waals surface area (Å²) in [6.07, 6.45) is 1.17. The topological polar surface area (TPSA) is 132 Å². The molecule has 3 N–H and O–H groups in total. The molecule has 4 amide bonds. The Morgan fingerprint density at radius 1 is 0.855 bits per heavy atom. The SMILES string of the molecule is O=C1CCC(N2Cc3c(NCC(=O)N4CCN(CCOc5ccc(C(=C(CCCl)c6ccccc6)c6ccc(O)cc6)cc5)CC4)cccc3C2=O)C(=O)N1. The number of alkyl halides is 1. The summed E-state index contributed by atoms with van der Waals surface area (Å²) in [7, 11) is 0. The number of fused-ring (bicyclic) bond motifs is 1. The number of hydrogen-bond donors (Lipinski definition) is 3. The quantitative estimate of drug-likeness (QED) is 0.0942. The van der Waals surface area contributed by atoms with Gasteiger partial charge in [0.1, 0.15) is 24.1 Å². The van der Waals surface area contributed by atoms with Crippen molar-refractivity contribution in [3.05, 3.63) is 125 Å². The van der Waals surface area contributed by atoms with Gasteiger partial charge < -0.3 is 25.0 Å². The minimum atomic E-state index is -0.692. The first kappa shape index (κ1) is 37.7. The number of piperidine rings is 1. The van der Waals surface area contributed by atoms with Crippen molar-refractivity contribution >= 4 is 52.1 Å². The van der Waals surface area contributed by atoms with E-state index in [9.17, 15) is 24.3 Å². The molecule has 7 rings (SSSR count). The van der Waals surface area contributed by atoms with Gasteiger partial charge in [0.05, 0.1) is 6.54 Å². The fraction of sp³-hybridized carbons (Fsp3) is 0.302. The van der Waals surface area contributed by atoms with Crippen molar-refractivity contribution in [2.24, 2.45) is 0 Å². The lowest BCUT2D eigenvalue weighted by molar-refractivity contribution is -0.137. The molecule has 3 aliphatic heterocycles. The number of carbonyl (C=O) groups excluding carboxylic acids is 4. The second-order valence-corrected chi connectivity index (χ2v) is 14.3. The Balaban J connectivity index is 0.900. The number of phenols is 1. The fourth-order valence-electron chi connectivity index (χ4n) is 7.56. The summed E-state index contributed by atoms with van der Waals surface area (Å²) in [4.78, 5) is 56.1. The van der Waals surface area contributed by atoms with E-state index in [4.69, 9.17) is 16.3 Å². The van der Waals surface area contributed by atoms with E-state index in [0.29, 0.717) is 49.7 Å². The van der Waals surface area contributed by atoms with Gasteiger partial charge in [0.2, 0.25) is 17.7 Å². The third kappa shape index (κ3) is 8.69. The van der Waals surface area contributed by atoms with E-state index in [1.807, 2.05) is 53.4 Å². The lowest BCUT2D eigenvalue weighted by atomic mass is 9.88. The van der Waals surface area contributed by atoms with Crippen molar-refractivity contribution in [3.63, 3.8) is 0 Å². The van der Waals surface area contributed by atoms with Gasteiger partial charge in [-0.15, -0.1) is 11.6 Å². The highest BCUT2D eigenvalue weighted by Gasteiger charge is 2.40. The van der Waals surface area contributed by atoms with Gasteiger partial charge in [-0.1, -0.05) is 60.7 Å². The zero-order chi connectivity index (χ0) is 38.3. The Hall–Kier alpha value is -5.65. The van der Waals surface area contributed by atoms with Crippen LogP contribution in [-0.4, -0.2) is 101 Å². The summed E-state index contributed by atoms with van der Waals surface area (Å²) in [5.74, 6) is 0.401. The Morgan fingerprint density at radius 3 is 2.25 bits per heavy atom. The summed E-state index contributed by atoms with van der Waals surface area (Å²) in [6, 6.07) is 30.2. The molecule has 0 radical (unpaired) electrons. The molecule has 2 saturated heterocycles. The molecule has 12 heteroatoms. The first-order chi connectivity index (χ1) is 26.8. The van der Waals surface area contributed by atoms with Crippen LogP contribution in [0.5, 0.6) is 11.5 Å². The predicted octanol–water partition coefficient (Wildman–Crippen LogP) is 5.38. The van der Waals surface area contributed by atoms with E-state index in [0.717, 1.165) is 58.8 Å². The maximum atomic E-state index is 13.2. The van der Waals surface area contributed by atoms with E-state index in [1.54, 1.807) is 24.3 Å². The van der Waals surface area contributed by atoms with E-state index in [1.165, 1.54) is 4.90 Å². The Morgan fingerprint density at radius 2 is 1.56 bits per heavy atom. The summed E-state index contributed by atoms with van der Waals surface area (Å²) < 4.78 is 6.15. The maximum absolute atomic E-state index is 13.2. The van der Waals surface area contributed by atoms with Crippen LogP contribution in [0, 0.1) is 0 Å². The van der Waals surface area contributed by atoms with Crippen LogP contribution in [-0.2, 0) is 20.9 Å². The van der Waals surface area contributed by atoms with Gasteiger partial charge in [0, 0.05) is 68.4 Å². The Labute approximate surface area is 325 Å². The highest BCUT2D eigenvalue weighted by molar-refractivity contribution is 6.18. The normalized spacial score (nSPS) is 17.8. The van der Waals surface area contributed by atoms with Crippen LogP contribution in [0.25, 0.3) is 11.1 Å². The molecule has 0 aromatic heterocycles. The van der Waals surface area contributed by atoms with E-state index < -0.39 is 11.9 Å². The van der Waals surface area contributed by atoms with Crippen LogP contribution < -0.4 is 15.4 Å². The molecule has 0 spiro atoms. The number of carbonyl (C=O) groups is 4. The van der Waals surface area contributed by atoms with Gasteiger partial charge in [-0.25, -0.2) is 0 Å². The van der Waals surface area contributed by atoms with Gasteiger partial charge in [0.25, 0.3) is 5.91 Å². The third-order valence-electron chi connectivity index (χ3n) is 10.5. The number of aromatic hydroxyl groups is 1. The summed E-state index contributed by atoms with van der Waals surface area (Å²) in [5.41, 5.74) is 7.24. The largest absolute Gasteiger partial charge is 0.508 e. The Kier molecular flexibility index (Phi) is 11.8. The minimum absolute atomic E-state index is 0.0258. The number of nitrogens with one attached hydrogen (secondary N) is 2. The Bertz CT molecular complexity index is 2060. The first-order valence-corrected chi connectivity index (χ1v) is 19.2. The number of nitrogens with zero attached hydrogens (tertiary/aromatic N) is 3. The van der Waals surface area contributed by atoms with Crippen molar-refractivity contribution < 1.29 is 29.0 Å². The smallest absolute Gasteiger partial charge is 0.255 e. The van der Waals surface area contributed by atoms with Crippen molar-refractivity contribution in [1.82, 2.24) is 20.0 Å². The summed E-state index contributed by atoms with van der Waals surface area (Å²) >= 11 is 6.30. The molecule has 3 aliphatic rings. The molecule has 284 valence electrons. The van der Waals surface area contributed by atoms with Gasteiger partial charge in [-0.3, -0.25) is 29.4 Å². The standard InChI is InChI=1S/C43H44ClN5O6/c44-20-19-34(29-5-2-1-3-6-29)41(30-9-13-32(50)14-10-30)31-11-15-33(16-12-31)55-26-25-47-21-23-48(24-22-47)40(52)27-45-37-8-4-7-35-36(37)28-49(43(35)54)38-17-18-39(51)46-42(38)53/h1-16,38,45,50H,17-28H2,(H,46,51,53). The molecule has 55 heavy (non-hydrogen) atoms. The molecule has 4 aromatic rings. The lowest BCUT2D eigenvalue weighted by Gasteiger charge is -2.34. The van der Waals surface area contributed by atoms with Crippen LogP contribution >= 0.6 is 11.6 Å². The number of benzene rings is 4. The molecule has 0 bridgehead atoms. The summed E-state index contributed by atoms with van der Waals surface area (Å²) in [6.45, 7) is 4.22. The van der Waals surface area contributed by atoms with Crippen LogP contribution in [0.4, 0.5) is 5.69 Å². The van der Waals surface area contributed by atoms with Crippen LogP contribution in [0.2, 0.25) is 0 Å². The second-order valence-electron chi connectivity index (χ2n) is 13.9. The number of piperazine rings is 1. The molecular weight excluding hydrogens is 718 g/mol. The fourth-order valence-corrected chi connectivity index (χ4v) is 7.74. The summed E-state index contributed by atoms with van der Waals surface area (Å²) in [5, 5.41) is 15.5. The molecule has 11 nitrogen and oxygen atoms in total. The predicted molar refractivity (Wildman–Crippen MR) is 212 cm³/mol. The molecule has 2 fully saturated rings. The van der Waals surface area contributed by atoms with Crippen molar-refractivity contribution in [2.75, 3.05) is 57.1 Å². The highest BCUT2D eigenvalue weighted by atomic mass is 35.5. The molecule has 0 aliphatic carbocycles. The van der Waals surface area contributed by atoms with Gasteiger partial charge >= 0.3 is 0 Å². The van der Waals surface area contributed by atoms with Crippen molar-refractivity contribution in [2.45, 2.75) is 31.8 Å². The minimum Gasteiger partial charge on any atom is -0.508 e. The van der Waals surface area contributed by atoms with E-state index in [-0.39, 0.29) is 43.0 Å². The van der Waals surface area contributed by atoms with Gasteiger partial charge in [-0.05, 0) is 77.1 Å². The highest BCUT2D eigenvalue weighted by Crippen LogP contribution is 2.36. The second kappa shape index (κ2) is 17.2. The monoisotopic (exact) mass is 761 g/mol. The lowest BCUT2D eigenvalue weighted by Crippen LogP contribution is -2.52.